The minimum absolute atomic E-state index is 0.279. The van der Waals surface area contributed by atoms with Gasteiger partial charge in [-0.1, -0.05) is 13.8 Å². The van der Waals surface area contributed by atoms with E-state index in [1.165, 1.54) is 0 Å². The van der Waals surface area contributed by atoms with E-state index in [2.05, 4.69) is 28.6 Å². The van der Waals surface area contributed by atoms with Gasteiger partial charge in [0, 0.05) is 24.9 Å². The molecule has 0 saturated heterocycles. The standard InChI is InChI=1S/C9H16N4/c1-6(2)9-12-11-8-4-3-7(10)5-13(8)9/h6-7H,3-5,10H2,1-2H3. The maximum atomic E-state index is 5.90. The van der Waals surface area contributed by atoms with Crippen molar-refractivity contribution in [1.29, 1.82) is 0 Å². The van der Waals surface area contributed by atoms with Crippen molar-refractivity contribution in [1.82, 2.24) is 14.8 Å². The van der Waals surface area contributed by atoms with Crippen LogP contribution in [0.1, 0.15) is 37.8 Å². The smallest absolute Gasteiger partial charge is 0.135 e. The first-order valence-corrected chi connectivity index (χ1v) is 4.86. The molecule has 72 valence electrons. The number of aromatic nitrogens is 3. The number of nitrogens with two attached hydrogens (primary N) is 1. The second-order valence-electron chi connectivity index (χ2n) is 4.04. The van der Waals surface area contributed by atoms with Crippen molar-refractivity contribution in [3.63, 3.8) is 0 Å². The summed E-state index contributed by atoms with van der Waals surface area (Å²) in [5.74, 6) is 2.61. The zero-order valence-corrected chi connectivity index (χ0v) is 8.20. The second-order valence-corrected chi connectivity index (χ2v) is 4.04. The average molecular weight is 180 g/mol. The normalized spacial score (nSPS) is 22.0. The van der Waals surface area contributed by atoms with Crippen LogP contribution in [0.25, 0.3) is 0 Å². The van der Waals surface area contributed by atoms with Gasteiger partial charge >= 0.3 is 0 Å². The molecule has 1 atom stereocenters. The predicted octanol–water partition coefficient (Wildman–Crippen LogP) is 0.675. The van der Waals surface area contributed by atoms with Crippen molar-refractivity contribution in [2.45, 2.75) is 45.2 Å². The van der Waals surface area contributed by atoms with Gasteiger partial charge in [0.1, 0.15) is 11.6 Å². The third-order valence-corrected chi connectivity index (χ3v) is 2.53. The molecule has 0 amide bonds. The fourth-order valence-electron chi connectivity index (χ4n) is 1.80. The van der Waals surface area contributed by atoms with Crippen LogP contribution >= 0.6 is 0 Å². The Morgan fingerprint density at radius 3 is 2.92 bits per heavy atom. The fourth-order valence-corrected chi connectivity index (χ4v) is 1.80. The average Bonchev–Trinajstić information content (AvgIpc) is 2.46. The summed E-state index contributed by atoms with van der Waals surface area (Å²) in [5, 5.41) is 8.36. The molecule has 13 heavy (non-hydrogen) atoms. The molecule has 1 unspecified atom stereocenters. The Hall–Kier alpha value is -0.900. The van der Waals surface area contributed by atoms with Crippen LogP contribution < -0.4 is 5.73 Å². The summed E-state index contributed by atoms with van der Waals surface area (Å²) in [7, 11) is 0. The van der Waals surface area contributed by atoms with Crippen molar-refractivity contribution >= 4 is 0 Å². The van der Waals surface area contributed by atoms with Gasteiger partial charge in [0.05, 0.1) is 0 Å². The summed E-state index contributed by atoms with van der Waals surface area (Å²) in [6.07, 6.45) is 2.01. The van der Waals surface area contributed by atoms with Crippen molar-refractivity contribution in [2.24, 2.45) is 5.73 Å². The SMILES string of the molecule is CC(C)c1nnc2n1CC(N)CC2. The Morgan fingerprint density at radius 1 is 1.46 bits per heavy atom. The van der Waals surface area contributed by atoms with Crippen LogP contribution in [0.3, 0.4) is 0 Å². The quantitative estimate of drug-likeness (QED) is 0.691. The fraction of sp³-hybridized carbons (Fsp3) is 0.778. The first-order valence-electron chi connectivity index (χ1n) is 4.86. The van der Waals surface area contributed by atoms with E-state index >= 15 is 0 Å². The minimum Gasteiger partial charge on any atom is -0.326 e. The second kappa shape index (κ2) is 3.10. The molecule has 0 aromatic carbocycles. The highest BCUT2D eigenvalue weighted by molar-refractivity contribution is 5.03. The number of rotatable bonds is 1. The lowest BCUT2D eigenvalue weighted by molar-refractivity contribution is 0.439. The molecule has 1 aliphatic heterocycles. The van der Waals surface area contributed by atoms with Gasteiger partial charge in [-0.15, -0.1) is 10.2 Å². The van der Waals surface area contributed by atoms with Crippen LogP contribution in [0.15, 0.2) is 0 Å². The molecule has 2 N–H and O–H groups in total. The van der Waals surface area contributed by atoms with Crippen molar-refractivity contribution in [2.75, 3.05) is 0 Å². The van der Waals surface area contributed by atoms with Crippen LogP contribution in [0.2, 0.25) is 0 Å². The van der Waals surface area contributed by atoms with Gasteiger partial charge in [-0.05, 0) is 6.42 Å². The summed E-state index contributed by atoms with van der Waals surface area (Å²) in [5.41, 5.74) is 5.90. The monoisotopic (exact) mass is 180 g/mol. The van der Waals surface area contributed by atoms with Crippen molar-refractivity contribution < 1.29 is 0 Å². The molecule has 0 spiro atoms. The van der Waals surface area contributed by atoms with Crippen molar-refractivity contribution in [3.8, 4) is 0 Å². The zero-order valence-electron chi connectivity index (χ0n) is 8.20. The maximum Gasteiger partial charge on any atom is 0.135 e. The lowest BCUT2D eigenvalue weighted by Crippen LogP contribution is -2.32. The van der Waals surface area contributed by atoms with Gasteiger partial charge in [-0.25, -0.2) is 0 Å². The highest BCUT2D eigenvalue weighted by Crippen LogP contribution is 2.18. The van der Waals surface area contributed by atoms with E-state index in [1.54, 1.807) is 0 Å². The number of hydrogen-bond donors (Lipinski definition) is 1. The van der Waals surface area contributed by atoms with Gasteiger partial charge in [0.2, 0.25) is 0 Å². The summed E-state index contributed by atoms with van der Waals surface area (Å²) in [6.45, 7) is 5.16. The lowest BCUT2D eigenvalue weighted by atomic mass is 10.1. The molecule has 2 heterocycles. The van der Waals surface area contributed by atoms with Gasteiger partial charge in [0.15, 0.2) is 0 Å². The van der Waals surface area contributed by atoms with Crippen LogP contribution in [0, 0.1) is 0 Å². The Bertz CT molecular complexity index is 303. The van der Waals surface area contributed by atoms with E-state index in [0.29, 0.717) is 5.92 Å². The van der Waals surface area contributed by atoms with E-state index in [9.17, 15) is 0 Å². The lowest BCUT2D eigenvalue weighted by Gasteiger charge is -2.21. The Balaban J connectivity index is 2.35. The predicted molar refractivity (Wildman–Crippen MR) is 50.4 cm³/mol. The largest absolute Gasteiger partial charge is 0.326 e. The molecule has 0 aliphatic carbocycles. The van der Waals surface area contributed by atoms with Crippen LogP contribution in [-0.4, -0.2) is 20.8 Å². The summed E-state index contributed by atoms with van der Waals surface area (Å²) < 4.78 is 2.18. The summed E-state index contributed by atoms with van der Waals surface area (Å²) in [4.78, 5) is 0. The molecule has 0 radical (unpaired) electrons. The Kier molecular flexibility index (Phi) is 2.07. The molecule has 0 bridgehead atoms. The number of nitrogens with zero attached hydrogens (tertiary/aromatic N) is 3. The molecular weight excluding hydrogens is 164 g/mol. The van der Waals surface area contributed by atoms with E-state index in [4.69, 9.17) is 5.73 Å². The molecule has 4 heteroatoms. The molecule has 4 nitrogen and oxygen atoms in total. The zero-order chi connectivity index (χ0) is 9.42. The summed E-state index contributed by atoms with van der Waals surface area (Å²) >= 11 is 0. The highest BCUT2D eigenvalue weighted by atomic mass is 15.3. The van der Waals surface area contributed by atoms with E-state index < -0.39 is 0 Å². The van der Waals surface area contributed by atoms with Gasteiger partial charge < -0.3 is 10.3 Å². The number of fused-ring (bicyclic) bond motifs is 1. The topological polar surface area (TPSA) is 56.7 Å². The minimum atomic E-state index is 0.279. The Morgan fingerprint density at radius 2 is 2.23 bits per heavy atom. The van der Waals surface area contributed by atoms with Gasteiger partial charge in [-0.2, -0.15) is 0 Å². The van der Waals surface area contributed by atoms with Crippen molar-refractivity contribution in [3.05, 3.63) is 11.6 Å². The molecule has 1 aliphatic rings. The summed E-state index contributed by atoms with van der Waals surface area (Å²) in [6, 6.07) is 0.279. The number of hydrogen-bond acceptors (Lipinski definition) is 3. The van der Waals surface area contributed by atoms with E-state index in [-0.39, 0.29) is 6.04 Å². The number of aryl methyl sites for hydroxylation is 1. The molecule has 0 saturated carbocycles. The van der Waals surface area contributed by atoms with Crippen LogP contribution in [0.5, 0.6) is 0 Å². The molecule has 0 fully saturated rings. The highest BCUT2D eigenvalue weighted by Gasteiger charge is 2.21. The molecular formula is C9H16N4. The van der Waals surface area contributed by atoms with E-state index in [0.717, 1.165) is 31.0 Å². The molecule has 1 aromatic rings. The maximum absolute atomic E-state index is 5.90. The van der Waals surface area contributed by atoms with Gasteiger partial charge in [-0.3, -0.25) is 0 Å². The molecule has 2 rings (SSSR count). The molecule has 1 aromatic heterocycles. The van der Waals surface area contributed by atoms with Gasteiger partial charge in [0.25, 0.3) is 0 Å². The third-order valence-electron chi connectivity index (χ3n) is 2.53. The van der Waals surface area contributed by atoms with E-state index in [1.807, 2.05) is 0 Å². The van der Waals surface area contributed by atoms with Crippen LogP contribution in [-0.2, 0) is 13.0 Å². The van der Waals surface area contributed by atoms with Crippen LogP contribution in [0.4, 0.5) is 0 Å². The Labute approximate surface area is 78.1 Å². The third kappa shape index (κ3) is 1.46. The first-order chi connectivity index (χ1) is 6.18. The first kappa shape index (κ1) is 8.69.